The number of hydrogen-bond acceptors (Lipinski definition) is 2. The van der Waals surface area contributed by atoms with E-state index in [4.69, 9.17) is 4.42 Å². The molecule has 0 aromatic carbocycles. The van der Waals surface area contributed by atoms with Gasteiger partial charge in [-0.25, -0.2) is 0 Å². The van der Waals surface area contributed by atoms with Crippen LogP contribution in [0.3, 0.4) is 0 Å². The predicted octanol–water partition coefficient (Wildman–Crippen LogP) is 5.60. The van der Waals surface area contributed by atoms with E-state index in [1.165, 1.54) is 70.6 Å². The zero-order valence-electron chi connectivity index (χ0n) is 13.1. The number of hydrogen-bond donors (Lipinski definition) is 1. The minimum Gasteiger partial charge on any atom is -0.468 e. The van der Waals surface area contributed by atoms with E-state index in [2.05, 4.69) is 18.3 Å². The molecule has 1 aromatic heterocycles. The maximum Gasteiger partial charge on any atom is 0.120 e. The maximum absolute atomic E-state index is 5.51. The average Bonchev–Trinajstić information content (AvgIpc) is 2.96. The van der Waals surface area contributed by atoms with Crippen LogP contribution in [0, 0.1) is 0 Å². The van der Waals surface area contributed by atoms with Crippen LogP contribution in [0.1, 0.15) is 89.4 Å². The molecule has 0 unspecified atom stereocenters. The van der Waals surface area contributed by atoms with Gasteiger partial charge in [0.05, 0.1) is 12.3 Å². The molecule has 114 valence electrons. The largest absolute Gasteiger partial charge is 0.468 e. The first-order valence-corrected chi connectivity index (χ1v) is 8.66. The van der Waals surface area contributed by atoms with Crippen LogP contribution in [0.25, 0.3) is 0 Å². The van der Waals surface area contributed by atoms with E-state index in [9.17, 15) is 0 Å². The third-order valence-corrected chi connectivity index (χ3v) is 4.56. The molecule has 1 saturated carbocycles. The Morgan fingerprint density at radius 2 is 1.50 bits per heavy atom. The van der Waals surface area contributed by atoms with Crippen LogP contribution in [-0.4, -0.2) is 6.04 Å². The molecule has 1 N–H and O–H groups in total. The summed E-state index contributed by atoms with van der Waals surface area (Å²) in [7, 11) is 0. The Morgan fingerprint density at radius 1 is 0.950 bits per heavy atom. The van der Waals surface area contributed by atoms with Gasteiger partial charge in [0.15, 0.2) is 0 Å². The first kappa shape index (κ1) is 15.6. The van der Waals surface area contributed by atoms with Crippen LogP contribution in [-0.2, 0) is 0 Å². The monoisotopic (exact) mass is 277 g/mol. The van der Waals surface area contributed by atoms with Gasteiger partial charge in [-0.1, -0.05) is 57.8 Å². The van der Waals surface area contributed by atoms with Crippen molar-refractivity contribution in [3.63, 3.8) is 0 Å². The first-order valence-electron chi connectivity index (χ1n) is 8.66. The van der Waals surface area contributed by atoms with Gasteiger partial charge >= 0.3 is 0 Å². The summed E-state index contributed by atoms with van der Waals surface area (Å²) in [5, 5.41) is 3.78. The summed E-state index contributed by atoms with van der Waals surface area (Å²) in [6, 6.07) is 5.05. The summed E-state index contributed by atoms with van der Waals surface area (Å²) in [5.41, 5.74) is 0. The van der Waals surface area contributed by atoms with Gasteiger partial charge in [0.2, 0.25) is 0 Å². The van der Waals surface area contributed by atoms with E-state index >= 15 is 0 Å². The van der Waals surface area contributed by atoms with Crippen LogP contribution < -0.4 is 5.32 Å². The van der Waals surface area contributed by atoms with Crippen LogP contribution >= 0.6 is 0 Å². The molecule has 2 nitrogen and oxygen atoms in total. The zero-order valence-corrected chi connectivity index (χ0v) is 13.1. The molecule has 1 heterocycles. The first-order chi connectivity index (χ1) is 9.86. The molecule has 0 radical (unpaired) electrons. The van der Waals surface area contributed by atoms with Crippen LogP contribution in [0.2, 0.25) is 0 Å². The molecule has 20 heavy (non-hydrogen) atoms. The van der Waals surface area contributed by atoms with E-state index in [0.717, 1.165) is 5.76 Å². The summed E-state index contributed by atoms with van der Waals surface area (Å²) >= 11 is 0. The molecule has 0 aliphatic heterocycles. The van der Waals surface area contributed by atoms with Crippen molar-refractivity contribution in [2.24, 2.45) is 0 Å². The van der Waals surface area contributed by atoms with Gasteiger partial charge in [-0.2, -0.15) is 0 Å². The Balaban J connectivity index is 1.79. The number of furan rings is 1. The van der Waals surface area contributed by atoms with Crippen LogP contribution in [0.4, 0.5) is 0 Å². The molecule has 1 aliphatic carbocycles. The topological polar surface area (TPSA) is 25.2 Å². The Labute approximate surface area is 124 Å². The summed E-state index contributed by atoms with van der Waals surface area (Å²) in [6.45, 7) is 2.22. The Kier molecular flexibility index (Phi) is 7.21. The predicted molar refractivity (Wildman–Crippen MR) is 84.8 cm³/mol. The summed E-state index contributed by atoms with van der Waals surface area (Å²) in [6.07, 6.45) is 17.2. The minimum absolute atomic E-state index is 0.336. The fraction of sp³-hybridized carbons (Fsp3) is 0.778. The standard InChI is InChI=1S/C18H31NO/c1-16(18-14-11-15-20-18)19-17-12-9-7-5-3-2-4-6-8-10-13-17/h11,14-17,19H,2-10,12-13H2,1H3/t16-/m1/s1. The Morgan fingerprint density at radius 3 is 2.00 bits per heavy atom. The van der Waals surface area contributed by atoms with Gasteiger partial charge in [-0.05, 0) is 31.9 Å². The molecule has 0 spiro atoms. The van der Waals surface area contributed by atoms with E-state index in [-0.39, 0.29) is 0 Å². The smallest absolute Gasteiger partial charge is 0.120 e. The van der Waals surface area contributed by atoms with Crippen molar-refractivity contribution in [3.8, 4) is 0 Å². The maximum atomic E-state index is 5.51. The Hall–Kier alpha value is -0.760. The summed E-state index contributed by atoms with van der Waals surface area (Å²) in [4.78, 5) is 0. The van der Waals surface area contributed by atoms with Crippen molar-refractivity contribution in [1.29, 1.82) is 0 Å². The van der Waals surface area contributed by atoms with Gasteiger partial charge in [-0.3, -0.25) is 0 Å². The van der Waals surface area contributed by atoms with Gasteiger partial charge in [0.1, 0.15) is 5.76 Å². The molecule has 0 saturated heterocycles. The second-order valence-corrected chi connectivity index (χ2v) is 6.36. The normalized spacial score (nSPS) is 21.9. The number of rotatable bonds is 3. The van der Waals surface area contributed by atoms with E-state index in [1.54, 1.807) is 6.26 Å². The van der Waals surface area contributed by atoms with E-state index in [1.807, 2.05) is 6.07 Å². The minimum atomic E-state index is 0.336. The van der Waals surface area contributed by atoms with Crippen molar-refractivity contribution in [2.45, 2.75) is 89.6 Å². The summed E-state index contributed by atoms with van der Waals surface area (Å²) < 4.78 is 5.51. The lowest BCUT2D eigenvalue weighted by molar-refractivity contribution is 0.345. The van der Waals surface area contributed by atoms with Gasteiger partial charge in [0.25, 0.3) is 0 Å². The molecular formula is C18H31NO. The van der Waals surface area contributed by atoms with E-state index < -0.39 is 0 Å². The average molecular weight is 277 g/mol. The lowest BCUT2D eigenvalue weighted by Crippen LogP contribution is -2.31. The molecule has 2 rings (SSSR count). The highest BCUT2D eigenvalue weighted by molar-refractivity contribution is 5.03. The second kappa shape index (κ2) is 9.23. The molecule has 2 heteroatoms. The fourth-order valence-electron chi connectivity index (χ4n) is 3.30. The lowest BCUT2D eigenvalue weighted by atomic mass is 9.97. The van der Waals surface area contributed by atoms with Crippen molar-refractivity contribution in [3.05, 3.63) is 24.2 Å². The van der Waals surface area contributed by atoms with Crippen LogP contribution in [0.15, 0.2) is 22.8 Å². The SMILES string of the molecule is C[C@@H](NC1CCCCCCCCCCC1)c1ccco1. The van der Waals surface area contributed by atoms with E-state index in [0.29, 0.717) is 12.1 Å². The zero-order chi connectivity index (χ0) is 14.0. The molecule has 1 aromatic rings. The van der Waals surface area contributed by atoms with Crippen LogP contribution in [0.5, 0.6) is 0 Å². The fourth-order valence-corrected chi connectivity index (χ4v) is 3.30. The molecular weight excluding hydrogens is 246 g/mol. The molecule has 0 amide bonds. The highest BCUT2D eigenvalue weighted by Gasteiger charge is 2.15. The highest BCUT2D eigenvalue weighted by atomic mass is 16.3. The van der Waals surface area contributed by atoms with Crippen molar-refractivity contribution < 1.29 is 4.42 Å². The van der Waals surface area contributed by atoms with Crippen molar-refractivity contribution >= 4 is 0 Å². The quantitative estimate of drug-likeness (QED) is 0.777. The third kappa shape index (κ3) is 5.70. The Bertz CT molecular complexity index is 321. The molecule has 0 bridgehead atoms. The van der Waals surface area contributed by atoms with Gasteiger partial charge in [-0.15, -0.1) is 0 Å². The molecule has 1 atom stereocenters. The van der Waals surface area contributed by atoms with Gasteiger partial charge < -0.3 is 9.73 Å². The molecule has 1 fully saturated rings. The lowest BCUT2D eigenvalue weighted by Gasteiger charge is -2.23. The second-order valence-electron chi connectivity index (χ2n) is 6.36. The van der Waals surface area contributed by atoms with Crippen molar-refractivity contribution in [2.75, 3.05) is 0 Å². The summed E-state index contributed by atoms with van der Waals surface area (Å²) in [5.74, 6) is 1.07. The van der Waals surface area contributed by atoms with Crippen molar-refractivity contribution in [1.82, 2.24) is 5.32 Å². The number of nitrogens with one attached hydrogen (secondary N) is 1. The third-order valence-electron chi connectivity index (χ3n) is 4.56. The van der Waals surface area contributed by atoms with Gasteiger partial charge in [0, 0.05) is 6.04 Å². The highest BCUT2D eigenvalue weighted by Crippen LogP contribution is 2.20. The molecule has 1 aliphatic rings.